The van der Waals surface area contributed by atoms with E-state index >= 15 is 0 Å². The van der Waals surface area contributed by atoms with Crippen molar-refractivity contribution in [3.63, 3.8) is 0 Å². The minimum absolute atomic E-state index is 0.361. The molecule has 0 aliphatic rings. The normalized spacial score (nSPS) is 11.0. The van der Waals surface area contributed by atoms with Gasteiger partial charge >= 0.3 is 5.97 Å². The third kappa shape index (κ3) is 4.01. The van der Waals surface area contributed by atoms with Gasteiger partial charge in [-0.3, -0.25) is 0 Å². The lowest BCUT2D eigenvalue weighted by atomic mass is 10.1. The van der Waals surface area contributed by atoms with Gasteiger partial charge in [-0.2, -0.15) is 9.78 Å². The van der Waals surface area contributed by atoms with E-state index in [9.17, 15) is 4.79 Å². The topological polar surface area (TPSA) is 70.6 Å². The van der Waals surface area contributed by atoms with Gasteiger partial charge in [-0.05, 0) is 38.5 Å². The van der Waals surface area contributed by atoms with Gasteiger partial charge in [0.05, 0.1) is 31.0 Å². The average Bonchev–Trinajstić information content (AvgIpc) is 3.11. The van der Waals surface area contributed by atoms with Crippen LogP contribution in [0.2, 0.25) is 0 Å². The number of esters is 1. The molecule has 7 heteroatoms. The van der Waals surface area contributed by atoms with Crippen LogP contribution in [0.15, 0.2) is 48.8 Å². The Balaban J connectivity index is 1.91. The highest BCUT2D eigenvalue weighted by atomic mass is 16.6. The minimum Gasteiger partial charge on any atom is -0.480 e. The largest absolute Gasteiger partial charge is 0.480 e. The van der Waals surface area contributed by atoms with Crippen LogP contribution < -0.4 is 4.74 Å². The Bertz CT molecular complexity index is 1020. The lowest BCUT2D eigenvalue weighted by Crippen LogP contribution is -2.24. The van der Waals surface area contributed by atoms with Gasteiger partial charge in [-0.1, -0.05) is 24.3 Å². The van der Waals surface area contributed by atoms with Gasteiger partial charge in [0.15, 0.2) is 11.5 Å². The maximum absolute atomic E-state index is 12.1. The monoisotopic (exact) mass is 376 g/mol. The molecule has 0 amide bonds. The standard InChI is InChI=1S/C21H20N4O3/c1-21(2,3)28-20(26)15-8-11-18(23-12-15)25-19(27-5)17(13-24-25)14-6-9-16(22-4)10-7-14/h6-13H,1-3,5H3. The molecular formula is C21H20N4O3. The summed E-state index contributed by atoms with van der Waals surface area (Å²) in [7, 11) is 1.56. The second-order valence-electron chi connectivity index (χ2n) is 7.04. The summed E-state index contributed by atoms with van der Waals surface area (Å²) in [5.74, 6) is 0.584. The predicted octanol–water partition coefficient (Wildman–Crippen LogP) is 4.45. The quantitative estimate of drug-likeness (QED) is 0.497. The van der Waals surface area contributed by atoms with Crippen LogP contribution in [0.25, 0.3) is 21.8 Å². The number of pyridine rings is 1. The van der Waals surface area contributed by atoms with Crippen molar-refractivity contribution >= 4 is 11.7 Å². The summed E-state index contributed by atoms with van der Waals surface area (Å²) in [6, 6.07) is 10.5. The van der Waals surface area contributed by atoms with E-state index < -0.39 is 11.6 Å². The molecule has 2 aromatic heterocycles. The molecule has 2 heterocycles. The molecule has 0 spiro atoms. The van der Waals surface area contributed by atoms with Gasteiger partial charge in [-0.15, -0.1) is 0 Å². The zero-order chi connectivity index (χ0) is 20.3. The summed E-state index contributed by atoms with van der Waals surface area (Å²) in [6.45, 7) is 12.5. The first kappa shape index (κ1) is 19.1. The van der Waals surface area contributed by atoms with Crippen LogP contribution in [0.5, 0.6) is 5.88 Å². The van der Waals surface area contributed by atoms with E-state index in [0.717, 1.165) is 11.1 Å². The van der Waals surface area contributed by atoms with Crippen molar-refractivity contribution in [2.75, 3.05) is 7.11 Å². The predicted molar refractivity (Wildman–Crippen MR) is 105 cm³/mol. The molecule has 0 bridgehead atoms. The van der Waals surface area contributed by atoms with E-state index in [4.69, 9.17) is 16.0 Å². The molecule has 0 radical (unpaired) electrons. The van der Waals surface area contributed by atoms with Crippen LogP contribution in [0, 0.1) is 6.57 Å². The van der Waals surface area contributed by atoms with Gasteiger partial charge in [-0.25, -0.2) is 14.6 Å². The van der Waals surface area contributed by atoms with Crippen molar-refractivity contribution < 1.29 is 14.3 Å². The maximum Gasteiger partial charge on any atom is 0.340 e. The van der Waals surface area contributed by atoms with Crippen LogP contribution in [-0.4, -0.2) is 33.4 Å². The second-order valence-corrected chi connectivity index (χ2v) is 7.04. The smallest absolute Gasteiger partial charge is 0.340 e. The van der Waals surface area contributed by atoms with Gasteiger partial charge in [0.2, 0.25) is 5.88 Å². The molecule has 0 saturated heterocycles. The molecule has 0 aliphatic carbocycles. The summed E-state index contributed by atoms with van der Waals surface area (Å²) in [5.41, 5.74) is 2.01. The highest BCUT2D eigenvalue weighted by molar-refractivity contribution is 5.89. The highest BCUT2D eigenvalue weighted by Crippen LogP contribution is 2.32. The molecule has 3 aromatic rings. The third-order valence-electron chi connectivity index (χ3n) is 3.83. The molecule has 0 N–H and O–H groups in total. The zero-order valence-corrected chi connectivity index (χ0v) is 16.1. The molecule has 0 fully saturated rings. The van der Waals surface area contributed by atoms with Gasteiger partial charge in [0.1, 0.15) is 5.60 Å². The van der Waals surface area contributed by atoms with Crippen molar-refractivity contribution in [1.29, 1.82) is 0 Å². The maximum atomic E-state index is 12.1. The van der Waals surface area contributed by atoms with Gasteiger partial charge in [0, 0.05) is 6.20 Å². The van der Waals surface area contributed by atoms with Crippen LogP contribution >= 0.6 is 0 Å². The van der Waals surface area contributed by atoms with Crippen molar-refractivity contribution in [2.24, 2.45) is 0 Å². The fourth-order valence-corrected chi connectivity index (χ4v) is 2.58. The number of nitrogens with zero attached hydrogens (tertiary/aromatic N) is 4. The van der Waals surface area contributed by atoms with E-state index in [1.54, 1.807) is 42.3 Å². The summed E-state index contributed by atoms with van der Waals surface area (Å²) in [5, 5.41) is 4.36. The molecule has 28 heavy (non-hydrogen) atoms. The number of hydrogen-bond acceptors (Lipinski definition) is 5. The molecular weight excluding hydrogens is 356 g/mol. The van der Waals surface area contributed by atoms with Crippen molar-refractivity contribution in [3.8, 4) is 22.8 Å². The third-order valence-corrected chi connectivity index (χ3v) is 3.83. The van der Waals surface area contributed by atoms with Crippen LogP contribution in [0.4, 0.5) is 5.69 Å². The first-order valence-electron chi connectivity index (χ1n) is 8.62. The fraction of sp³-hybridized carbons (Fsp3) is 0.238. The average molecular weight is 376 g/mol. The number of carbonyl (C=O) groups excluding carboxylic acids is 1. The Morgan fingerprint density at radius 2 is 1.82 bits per heavy atom. The molecule has 0 atom stereocenters. The van der Waals surface area contributed by atoms with Gasteiger partial charge in [0.25, 0.3) is 0 Å². The Kier molecular flexibility index (Phi) is 5.14. The van der Waals surface area contributed by atoms with E-state index in [0.29, 0.717) is 22.9 Å². The Morgan fingerprint density at radius 3 is 2.36 bits per heavy atom. The Morgan fingerprint density at radius 1 is 1.11 bits per heavy atom. The molecule has 0 saturated carbocycles. The Hall–Kier alpha value is -3.66. The fourth-order valence-electron chi connectivity index (χ4n) is 2.58. The van der Waals surface area contributed by atoms with Crippen molar-refractivity contribution in [3.05, 3.63) is 65.8 Å². The van der Waals surface area contributed by atoms with Crippen LogP contribution in [0.1, 0.15) is 31.1 Å². The van der Waals surface area contributed by atoms with E-state index in [-0.39, 0.29) is 0 Å². The molecule has 142 valence electrons. The second kappa shape index (κ2) is 7.53. The summed E-state index contributed by atoms with van der Waals surface area (Å²) >= 11 is 0. The number of hydrogen-bond donors (Lipinski definition) is 0. The highest BCUT2D eigenvalue weighted by Gasteiger charge is 2.19. The van der Waals surface area contributed by atoms with E-state index in [1.165, 1.54) is 6.20 Å². The van der Waals surface area contributed by atoms with Gasteiger partial charge < -0.3 is 9.47 Å². The summed E-state index contributed by atoms with van der Waals surface area (Å²) in [6.07, 6.45) is 3.13. The van der Waals surface area contributed by atoms with Crippen molar-refractivity contribution in [1.82, 2.24) is 14.8 Å². The van der Waals surface area contributed by atoms with E-state index in [1.807, 2.05) is 32.9 Å². The molecule has 1 aromatic carbocycles. The number of ether oxygens (including phenoxy) is 2. The van der Waals surface area contributed by atoms with Crippen molar-refractivity contribution in [2.45, 2.75) is 26.4 Å². The Labute approximate surface area is 163 Å². The zero-order valence-electron chi connectivity index (χ0n) is 16.1. The van der Waals surface area contributed by atoms with E-state index in [2.05, 4.69) is 14.9 Å². The summed E-state index contributed by atoms with van der Waals surface area (Å²) in [4.78, 5) is 19.9. The SMILES string of the molecule is [C-]#[N+]c1ccc(-c2cnn(-c3ccc(C(=O)OC(C)(C)C)cn3)c2OC)cc1. The minimum atomic E-state index is -0.571. The number of methoxy groups -OCH3 is 1. The first-order chi connectivity index (χ1) is 13.3. The lowest BCUT2D eigenvalue weighted by Gasteiger charge is -2.19. The number of benzene rings is 1. The summed E-state index contributed by atoms with van der Waals surface area (Å²) < 4.78 is 12.4. The van der Waals surface area contributed by atoms with Crippen LogP contribution in [0.3, 0.4) is 0 Å². The molecule has 7 nitrogen and oxygen atoms in total. The molecule has 0 aliphatic heterocycles. The first-order valence-corrected chi connectivity index (χ1v) is 8.62. The van der Waals surface area contributed by atoms with Crippen LogP contribution in [-0.2, 0) is 4.74 Å². The molecule has 0 unspecified atom stereocenters. The number of carbonyl (C=O) groups is 1. The lowest BCUT2D eigenvalue weighted by molar-refractivity contribution is 0.00691. The number of aromatic nitrogens is 3. The number of rotatable bonds is 4. The molecule has 3 rings (SSSR count).